The highest BCUT2D eigenvalue weighted by Crippen LogP contribution is 2.18. The fourth-order valence-corrected chi connectivity index (χ4v) is 1.13. The molecule has 0 saturated carbocycles. The lowest BCUT2D eigenvalue weighted by atomic mass is 10.1. The molecule has 2 amide bonds. The zero-order chi connectivity index (χ0) is 12.3. The zero-order valence-electron chi connectivity index (χ0n) is 9.04. The van der Waals surface area contributed by atoms with E-state index in [0.717, 1.165) is 0 Å². The summed E-state index contributed by atoms with van der Waals surface area (Å²) in [4.78, 5) is 12.7. The van der Waals surface area contributed by atoms with Gasteiger partial charge in [-0.2, -0.15) is 0 Å². The Morgan fingerprint density at radius 1 is 1.50 bits per heavy atom. The van der Waals surface area contributed by atoms with Crippen molar-refractivity contribution in [1.82, 2.24) is 4.90 Å². The van der Waals surface area contributed by atoms with Crippen LogP contribution < -0.4 is 11.1 Å². The molecule has 0 spiro atoms. The number of carbonyl (C=O) groups excluding carboxylic acids is 1. The first-order chi connectivity index (χ1) is 7.43. The second-order valence-electron chi connectivity index (χ2n) is 3.40. The Labute approximate surface area is 92.6 Å². The van der Waals surface area contributed by atoms with Crippen LogP contribution in [0, 0.1) is 11.2 Å². The van der Waals surface area contributed by atoms with Crippen LogP contribution in [0.3, 0.4) is 0 Å². The number of benzene rings is 1. The molecule has 0 aliphatic carbocycles. The maximum atomic E-state index is 13.4. The van der Waals surface area contributed by atoms with E-state index in [-0.39, 0.29) is 11.3 Å². The van der Waals surface area contributed by atoms with Gasteiger partial charge in [0.05, 0.1) is 11.3 Å². The summed E-state index contributed by atoms with van der Waals surface area (Å²) >= 11 is 0. The standard InChI is InChI=1S/C10H13FN4O/c1-15(2)10(16)14-7-5-3-4-6(11)8(7)9(12)13/h3-5H,1-2H3,(H3,12,13)(H,14,16). The third-order valence-electron chi connectivity index (χ3n) is 1.93. The van der Waals surface area contributed by atoms with E-state index in [1.54, 1.807) is 14.1 Å². The summed E-state index contributed by atoms with van der Waals surface area (Å²) in [5.41, 5.74) is 5.33. The summed E-state index contributed by atoms with van der Waals surface area (Å²) in [6.07, 6.45) is 0. The van der Waals surface area contributed by atoms with Crippen molar-refractivity contribution in [3.05, 3.63) is 29.6 Å². The third kappa shape index (κ3) is 2.47. The van der Waals surface area contributed by atoms with Crippen molar-refractivity contribution >= 4 is 17.6 Å². The molecule has 1 aromatic carbocycles. The average molecular weight is 224 g/mol. The van der Waals surface area contributed by atoms with Gasteiger partial charge < -0.3 is 16.0 Å². The Hall–Kier alpha value is -2.11. The van der Waals surface area contributed by atoms with Gasteiger partial charge in [0.1, 0.15) is 11.7 Å². The minimum Gasteiger partial charge on any atom is -0.384 e. The summed E-state index contributed by atoms with van der Waals surface area (Å²) in [7, 11) is 3.12. The van der Waals surface area contributed by atoms with E-state index >= 15 is 0 Å². The van der Waals surface area contributed by atoms with Gasteiger partial charge in [-0.15, -0.1) is 0 Å². The number of urea groups is 1. The van der Waals surface area contributed by atoms with E-state index in [1.807, 2.05) is 0 Å². The molecule has 16 heavy (non-hydrogen) atoms. The Bertz CT molecular complexity index is 431. The molecular weight excluding hydrogens is 211 g/mol. The van der Waals surface area contributed by atoms with Crippen molar-refractivity contribution in [1.29, 1.82) is 5.41 Å². The number of rotatable bonds is 2. The predicted molar refractivity (Wildman–Crippen MR) is 60.1 cm³/mol. The lowest BCUT2D eigenvalue weighted by Crippen LogP contribution is -2.29. The van der Waals surface area contributed by atoms with Gasteiger partial charge in [0.15, 0.2) is 0 Å². The van der Waals surface area contributed by atoms with Crippen LogP contribution in [0.4, 0.5) is 14.9 Å². The molecular formula is C10H13FN4O. The number of amides is 2. The highest BCUT2D eigenvalue weighted by atomic mass is 19.1. The Kier molecular flexibility index (Phi) is 3.44. The van der Waals surface area contributed by atoms with Crippen molar-refractivity contribution in [2.75, 3.05) is 19.4 Å². The lowest BCUT2D eigenvalue weighted by Gasteiger charge is -2.14. The molecule has 4 N–H and O–H groups in total. The summed E-state index contributed by atoms with van der Waals surface area (Å²) in [6.45, 7) is 0. The van der Waals surface area contributed by atoms with E-state index in [9.17, 15) is 9.18 Å². The molecule has 0 bridgehead atoms. The molecule has 86 valence electrons. The van der Waals surface area contributed by atoms with Crippen LogP contribution in [-0.4, -0.2) is 30.9 Å². The van der Waals surface area contributed by atoms with Crippen LogP contribution in [0.25, 0.3) is 0 Å². The molecule has 0 atom stereocenters. The Balaban J connectivity index is 3.09. The van der Waals surface area contributed by atoms with Crippen LogP contribution in [-0.2, 0) is 0 Å². The summed E-state index contributed by atoms with van der Waals surface area (Å²) in [5, 5.41) is 9.70. The fourth-order valence-electron chi connectivity index (χ4n) is 1.13. The number of nitrogen functional groups attached to an aromatic ring is 1. The zero-order valence-corrected chi connectivity index (χ0v) is 9.04. The number of anilines is 1. The SMILES string of the molecule is CN(C)C(=O)Nc1cccc(F)c1C(=N)N. The third-order valence-corrected chi connectivity index (χ3v) is 1.93. The van der Waals surface area contributed by atoms with Crippen LogP contribution >= 0.6 is 0 Å². The normalized spacial score (nSPS) is 9.69. The summed E-state index contributed by atoms with van der Waals surface area (Å²) in [5.74, 6) is -1.06. The predicted octanol–water partition coefficient (Wildman–Crippen LogP) is 1.20. The van der Waals surface area contributed by atoms with Crippen LogP contribution in [0.15, 0.2) is 18.2 Å². The minimum atomic E-state index is -0.635. The summed E-state index contributed by atoms with van der Waals surface area (Å²) < 4.78 is 13.4. The number of amidine groups is 1. The first-order valence-corrected chi connectivity index (χ1v) is 4.54. The minimum absolute atomic E-state index is 0.0994. The van der Waals surface area contributed by atoms with Gasteiger partial charge in [-0.25, -0.2) is 9.18 Å². The Morgan fingerprint density at radius 2 is 2.12 bits per heavy atom. The number of nitrogens with zero attached hydrogens (tertiary/aromatic N) is 1. The number of halogens is 1. The topological polar surface area (TPSA) is 82.2 Å². The van der Waals surface area contributed by atoms with Gasteiger partial charge >= 0.3 is 6.03 Å². The lowest BCUT2D eigenvalue weighted by molar-refractivity contribution is 0.230. The second kappa shape index (κ2) is 4.61. The molecule has 6 heteroatoms. The van der Waals surface area contributed by atoms with E-state index in [4.69, 9.17) is 11.1 Å². The van der Waals surface area contributed by atoms with E-state index < -0.39 is 17.7 Å². The van der Waals surface area contributed by atoms with Gasteiger partial charge in [-0.05, 0) is 12.1 Å². The second-order valence-corrected chi connectivity index (χ2v) is 3.40. The maximum Gasteiger partial charge on any atom is 0.321 e. The van der Waals surface area contributed by atoms with Gasteiger partial charge in [0.25, 0.3) is 0 Å². The smallest absolute Gasteiger partial charge is 0.321 e. The van der Waals surface area contributed by atoms with E-state index in [2.05, 4.69) is 5.32 Å². The van der Waals surface area contributed by atoms with Gasteiger partial charge in [-0.1, -0.05) is 6.07 Å². The molecule has 0 aliphatic rings. The molecule has 1 aromatic rings. The largest absolute Gasteiger partial charge is 0.384 e. The average Bonchev–Trinajstić information content (AvgIpc) is 2.16. The number of hydrogen-bond donors (Lipinski definition) is 3. The quantitative estimate of drug-likeness (QED) is 0.521. The first-order valence-electron chi connectivity index (χ1n) is 4.54. The van der Waals surface area contributed by atoms with Crippen molar-refractivity contribution in [3.8, 4) is 0 Å². The van der Waals surface area contributed by atoms with Crippen LogP contribution in [0.1, 0.15) is 5.56 Å². The molecule has 0 aliphatic heterocycles. The van der Waals surface area contributed by atoms with Crippen LogP contribution in [0.2, 0.25) is 0 Å². The molecule has 1 rings (SSSR count). The number of carbonyl (C=O) groups is 1. The summed E-state index contributed by atoms with van der Waals surface area (Å²) in [6, 6.07) is 3.70. The van der Waals surface area contributed by atoms with Gasteiger partial charge in [-0.3, -0.25) is 5.41 Å². The highest BCUT2D eigenvalue weighted by molar-refractivity contribution is 6.04. The van der Waals surface area contributed by atoms with Crippen molar-refractivity contribution < 1.29 is 9.18 Å². The Morgan fingerprint density at radius 3 is 2.62 bits per heavy atom. The molecule has 0 fully saturated rings. The maximum absolute atomic E-state index is 13.4. The van der Waals surface area contributed by atoms with Crippen molar-refractivity contribution in [3.63, 3.8) is 0 Å². The monoisotopic (exact) mass is 224 g/mol. The van der Waals surface area contributed by atoms with Crippen molar-refractivity contribution in [2.45, 2.75) is 0 Å². The van der Waals surface area contributed by atoms with Gasteiger partial charge in [0.2, 0.25) is 0 Å². The van der Waals surface area contributed by atoms with E-state index in [1.165, 1.54) is 23.1 Å². The van der Waals surface area contributed by atoms with E-state index in [0.29, 0.717) is 0 Å². The first kappa shape index (κ1) is 12.0. The fraction of sp³-hybridized carbons (Fsp3) is 0.200. The number of nitrogens with one attached hydrogen (secondary N) is 2. The highest BCUT2D eigenvalue weighted by Gasteiger charge is 2.13. The van der Waals surface area contributed by atoms with Gasteiger partial charge in [0, 0.05) is 14.1 Å². The molecule has 0 saturated heterocycles. The van der Waals surface area contributed by atoms with Crippen LogP contribution in [0.5, 0.6) is 0 Å². The molecule has 5 nitrogen and oxygen atoms in total. The molecule has 0 radical (unpaired) electrons. The molecule has 0 aromatic heterocycles. The molecule has 0 heterocycles. The molecule has 0 unspecified atom stereocenters. The number of nitrogens with two attached hydrogens (primary N) is 1. The van der Waals surface area contributed by atoms with Crippen molar-refractivity contribution in [2.24, 2.45) is 5.73 Å². The number of hydrogen-bond acceptors (Lipinski definition) is 2.